The monoisotopic (exact) mass is 206 g/mol. The van der Waals surface area contributed by atoms with Gasteiger partial charge in [0.05, 0.1) is 11.3 Å². The SMILES string of the molecule is C=C(CC)CC(=O)c1c(C)nn(C)c1C. The van der Waals surface area contributed by atoms with Crippen molar-refractivity contribution in [1.29, 1.82) is 0 Å². The molecule has 0 unspecified atom stereocenters. The van der Waals surface area contributed by atoms with Gasteiger partial charge in [0.1, 0.15) is 0 Å². The molecule has 1 aromatic rings. The third kappa shape index (κ3) is 2.35. The highest BCUT2D eigenvalue weighted by Crippen LogP contribution is 2.17. The number of carbonyl (C=O) groups is 1. The van der Waals surface area contributed by atoms with Crippen molar-refractivity contribution >= 4 is 5.78 Å². The summed E-state index contributed by atoms with van der Waals surface area (Å²) >= 11 is 0. The second-order valence-electron chi connectivity index (χ2n) is 3.87. The maximum absolute atomic E-state index is 12.0. The topological polar surface area (TPSA) is 34.9 Å². The third-order valence-corrected chi connectivity index (χ3v) is 2.70. The number of ketones is 1. The lowest BCUT2D eigenvalue weighted by atomic mass is 10.0. The molecule has 0 N–H and O–H groups in total. The van der Waals surface area contributed by atoms with E-state index in [2.05, 4.69) is 11.7 Å². The van der Waals surface area contributed by atoms with E-state index in [9.17, 15) is 4.79 Å². The van der Waals surface area contributed by atoms with Crippen LogP contribution in [0.15, 0.2) is 12.2 Å². The van der Waals surface area contributed by atoms with Crippen molar-refractivity contribution in [2.75, 3.05) is 0 Å². The smallest absolute Gasteiger partial charge is 0.170 e. The first kappa shape index (κ1) is 11.7. The predicted molar refractivity (Wildman–Crippen MR) is 61.1 cm³/mol. The molecule has 15 heavy (non-hydrogen) atoms. The molecular weight excluding hydrogens is 188 g/mol. The number of hydrogen-bond acceptors (Lipinski definition) is 2. The lowest BCUT2D eigenvalue weighted by Gasteiger charge is -2.02. The van der Waals surface area contributed by atoms with Crippen molar-refractivity contribution in [3.8, 4) is 0 Å². The van der Waals surface area contributed by atoms with Gasteiger partial charge in [-0.25, -0.2) is 0 Å². The van der Waals surface area contributed by atoms with E-state index in [0.29, 0.717) is 6.42 Å². The molecule has 0 spiro atoms. The van der Waals surface area contributed by atoms with Gasteiger partial charge in [0.15, 0.2) is 5.78 Å². The van der Waals surface area contributed by atoms with Gasteiger partial charge in [-0.05, 0) is 20.3 Å². The Morgan fingerprint density at radius 3 is 2.47 bits per heavy atom. The first-order chi connectivity index (χ1) is 6.97. The summed E-state index contributed by atoms with van der Waals surface area (Å²) < 4.78 is 1.75. The lowest BCUT2D eigenvalue weighted by Crippen LogP contribution is -2.03. The average Bonchev–Trinajstić information content (AvgIpc) is 2.41. The largest absolute Gasteiger partial charge is 0.294 e. The highest BCUT2D eigenvalue weighted by atomic mass is 16.1. The van der Waals surface area contributed by atoms with Crippen LogP contribution in [0.4, 0.5) is 0 Å². The van der Waals surface area contributed by atoms with E-state index < -0.39 is 0 Å². The second kappa shape index (κ2) is 4.43. The molecule has 0 aliphatic rings. The van der Waals surface area contributed by atoms with Crippen LogP contribution in [0.25, 0.3) is 0 Å². The minimum absolute atomic E-state index is 0.130. The summed E-state index contributed by atoms with van der Waals surface area (Å²) in [6.45, 7) is 9.66. The van der Waals surface area contributed by atoms with Gasteiger partial charge < -0.3 is 0 Å². The summed E-state index contributed by atoms with van der Waals surface area (Å²) in [4.78, 5) is 12.0. The molecule has 0 saturated heterocycles. The van der Waals surface area contributed by atoms with Gasteiger partial charge in [0.25, 0.3) is 0 Å². The maximum Gasteiger partial charge on any atom is 0.170 e. The predicted octanol–water partition coefficient (Wildman–Crippen LogP) is 2.58. The van der Waals surface area contributed by atoms with Gasteiger partial charge in [-0.2, -0.15) is 5.10 Å². The molecule has 1 heterocycles. The lowest BCUT2D eigenvalue weighted by molar-refractivity contribution is 0.0991. The highest BCUT2D eigenvalue weighted by Gasteiger charge is 2.17. The van der Waals surface area contributed by atoms with Crippen LogP contribution in [0, 0.1) is 13.8 Å². The molecule has 3 heteroatoms. The van der Waals surface area contributed by atoms with E-state index in [1.54, 1.807) is 4.68 Å². The Bertz CT molecular complexity index is 402. The molecule has 0 aliphatic carbocycles. The first-order valence-electron chi connectivity index (χ1n) is 5.17. The molecular formula is C12H18N2O. The minimum Gasteiger partial charge on any atom is -0.294 e. The van der Waals surface area contributed by atoms with Crippen molar-refractivity contribution in [2.24, 2.45) is 7.05 Å². The van der Waals surface area contributed by atoms with Crippen LogP contribution in [0.5, 0.6) is 0 Å². The Morgan fingerprint density at radius 2 is 2.07 bits per heavy atom. The van der Waals surface area contributed by atoms with Gasteiger partial charge in [-0.15, -0.1) is 0 Å². The summed E-state index contributed by atoms with van der Waals surface area (Å²) in [6.07, 6.45) is 1.29. The van der Waals surface area contributed by atoms with Crippen LogP contribution < -0.4 is 0 Å². The van der Waals surface area contributed by atoms with E-state index in [-0.39, 0.29) is 5.78 Å². The van der Waals surface area contributed by atoms with E-state index in [0.717, 1.165) is 28.9 Å². The number of allylic oxidation sites excluding steroid dienone is 1. The Kier molecular flexibility index (Phi) is 3.45. The molecule has 82 valence electrons. The van der Waals surface area contributed by atoms with Gasteiger partial charge in [0.2, 0.25) is 0 Å². The Labute approximate surface area is 90.8 Å². The fraction of sp³-hybridized carbons (Fsp3) is 0.500. The average molecular weight is 206 g/mol. The number of nitrogens with zero attached hydrogens (tertiary/aromatic N) is 2. The summed E-state index contributed by atoms with van der Waals surface area (Å²) in [5.74, 6) is 0.130. The van der Waals surface area contributed by atoms with Crippen LogP contribution >= 0.6 is 0 Å². The summed E-state index contributed by atoms with van der Waals surface area (Å²) in [7, 11) is 1.85. The van der Waals surface area contributed by atoms with E-state index in [1.165, 1.54) is 0 Å². The van der Waals surface area contributed by atoms with Gasteiger partial charge in [-0.3, -0.25) is 9.48 Å². The molecule has 1 rings (SSSR count). The van der Waals surface area contributed by atoms with Crippen molar-refractivity contribution in [2.45, 2.75) is 33.6 Å². The van der Waals surface area contributed by atoms with Gasteiger partial charge >= 0.3 is 0 Å². The summed E-state index contributed by atoms with van der Waals surface area (Å²) in [6, 6.07) is 0. The standard InChI is InChI=1S/C12H18N2O/c1-6-8(2)7-11(15)12-9(3)13-14(5)10(12)4/h2,6-7H2,1,3-5H3. The summed E-state index contributed by atoms with van der Waals surface area (Å²) in [5, 5.41) is 4.23. The fourth-order valence-electron chi connectivity index (χ4n) is 1.62. The molecule has 0 atom stereocenters. The Hall–Kier alpha value is -1.38. The second-order valence-corrected chi connectivity index (χ2v) is 3.87. The van der Waals surface area contributed by atoms with Gasteiger partial charge in [-0.1, -0.05) is 19.1 Å². The molecule has 0 radical (unpaired) electrons. The molecule has 1 aromatic heterocycles. The molecule has 0 fully saturated rings. The number of hydrogen-bond donors (Lipinski definition) is 0. The van der Waals surface area contributed by atoms with Crippen LogP contribution in [0.2, 0.25) is 0 Å². The van der Waals surface area contributed by atoms with Crippen molar-refractivity contribution in [1.82, 2.24) is 9.78 Å². The van der Waals surface area contributed by atoms with Crippen molar-refractivity contribution < 1.29 is 4.79 Å². The zero-order valence-corrected chi connectivity index (χ0v) is 9.92. The van der Waals surface area contributed by atoms with Crippen molar-refractivity contribution in [3.05, 3.63) is 29.1 Å². The molecule has 0 bridgehead atoms. The molecule has 0 aliphatic heterocycles. The third-order valence-electron chi connectivity index (χ3n) is 2.70. The minimum atomic E-state index is 0.130. The van der Waals surface area contributed by atoms with Crippen LogP contribution in [-0.4, -0.2) is 15.6 Å². The molecule has 3 nitrogen and oxygen atoms in total. The molecule has 0 saturated carbocycles. The highest BCUT2D eigenvalue weighted by molar-refractivity contribution is 5.99. The Balaban J connectivity index is 2.96. The number of aromatic nitrogens is 2. The van der Waals surface area contributed by atoms with E-state index in [4.69, 9.17) is 0 Å². The number of carbonyl (C=O) groups excluding carboxylic acids is 1. The first-order valence-corrected chi connectivity index (χ1v) is 5.17. The van der Waals surface area contributed by atoms with Crippen LogP contribution in [0.3, 0.4) is 0 Å². The van der Waals surface area contributed by atoms with Crippen molar-refractivity contribution in [3.63, 3.8) is 0 Å². The summed E-state index contributed by atoms with van der Waals surface area (Å²) in [5.41, 5.74) is 3.47. The fourth-order valence-corrected chi connectivity index (χ4v) is 1.62. The number of aryl methyl sites for hydroxylation is 2. The molecule has 0 aromatic carbocycles. The normalized spacial score (nSPS) is 10.4. The molecule has 0 amide bonds. The van der Waals surface area contributed by atoms with Crippen LogP contribution in [0.1, 0.15) is 41.5 Å². The van der Waals surface area contributed by atoms with E-state index in [1.807, 2.05) is 27.8 Å². The van der Waals surface area contributed by atoms with Gasteiger partial charge in [0, 0.05) is 19.2 Å². The zero-order chi connectivity index (χ0) is 11.6. The Morgan fingerprint density at radius 1 is 1.47 bits per heavy atom. The zero-order valence-electron chi connectivity index (χ0n) is 9.92. The van der Waals surface area contributed by atoms with Crippen LogP contribution in [-0.2, 0) is 7.05 Å². The number of Topliss-reactive ketones (excluding diaryl/α,β-unsaturated/α-hetero) is 1. The maximum atomic E-state index is 12.0. The number of rotatable bonds is 4. The quantitative estimate of drug-likeness (QED) is 0.560. The van der Waals surface area contributed by atoms with E-state index >= 15 is 0 Å².